The normalized spacial score (nSPS) is 16.3. The van der Waals surface area contributed by atoms with E-state index in [2.05, 4.69) is 22.9 Å². The molecule has 5 nitrogen and oxygen atoms in total. The van der Waals surface area contributed by atoms with Crippen LogP contribution < -0.4 is 4.90 Å². The molecule has 0 bridgehead atoms. The van der Waals surface area contributed by atoms with E-state index in [1.54, 1.807) is 13.8 Å². The van der Waals surface area contributed by atoms with Crippen LogP contribution in [0.1, 0.15) is 44.7 Å². The Balaban J connectivity index is 2.29. The Bertz CT molecular complexity index is 714. The quantitative estimate of drug-likeness (QED) is 0.613. The van der Waals surface area contributed by atoms with E-state index in [0.717, 1.165) is 42.9 Å². The largest absolute Gasteiger partial charge is 0.463 e. The summed E-state index contributed by atoms with van der Waals surface area (Å²) in [5.41, 5.74) is 3.54. The van der Waals surface area contributed by atoms with Gasteiger partial charge < -0.3 is 9.64 Å². The SMILES string of the molecule is CCOC(=O)/C=C(\C)N=C1CCCN1c1ccc(C#N)cc1CC. The fourth-order valence-corrected chi connectivity index (χ4v) is 2.83. The number of benzene rings is 1. The van der Waals surface area contributed by atoms with E-state index in [-0.39, 0.29) is 5.97 Å². The van der Waals surface area contributed by atoms with Crippen molar-refractivity contribution in [3.63, 3.8) is 0 Å². The summed E-state index contributed by atoms with van der Waals surface area (Å²) in [5, 5.41) is 9.07. The molecular weight excluding hydrogens is 302 g/mol. The van der Waals surface area contributed by atoms with Gasteiger partial charge in [0.25, 0.3) is 0 Å². The van der Waals surface area contributed by atoms with Crippen LogP contribution in [0, 0.1) is 11.3 Å². The van der Waals surface area contributed by atoms with Crippen molar-refractivity contribution in [2.75, 3.05) is 18.1 Å². The fraction of sp³-hybridized carbons (Fsp3) is 0.421. The first-order chi connectivity index (χ1) is 11.6. The zero-order valence-corrected chi connectivity index (χ0v) is 14.5. The molecule has 1 aromatic carbocycles. The van der Waals surface area contributed by atoms with Crippen LogP contribution in [0.3, 0.4) is 0 Å². The van der Waals surface area contributed by atoms with Crippen molar-refractivity contribution in [2.45, 2.75) is 40.0 Å². The van der Waals surface area contributed by atoms with Crippen LogP contribution in [0.25, 0.3) is 0 Å². The number of hydrogen-bond donors (Lipinski definition) is 0. The zero-order chi connectivity index (χ0) is 17.5. The molecule has 0 atom stereocenters. The maximum Gasteiger partial charge on any atom is 0.332 e. The number of hydrogen-bond acceptors (Lipinski definition) is 4. The van der Waals surface area contributed by atoms with Crippen LogP contribution in [0.5, 0.6) is 0 Å². The number of aryl methyl sites for hydroxylation is 1. The van der Waals surface area contributed by atoms with Crippen molar-refractivity contribution < 1.29 is 9.53 Å². The van der Waals surface area contributed by atoms with Gasteiger partial charge >= 0.3 is 5.97 Å². The van der Waals surface area contributed by atoms with Gasteiger partial charge in [-0.3, -0.25) is 0 Å². The summed E-state index contributed by atoms with van der Waals surface area (Å²) in [4.78, 5) is 18.3. The monoisotopic (exact) mass is 325 g/mol. The molecule has 1 saturated heterocycles. The van der Waals surface area contributed by atoms with Gasteiger partial charge in [-0.15, -0.1) is 0 Å². The second-order valence-electron chi connectivity index (χ2n) is 5.63. The summed E-state index contributed by atoms with van der Waals surface area (Å²) >= 11 is 0. The summed E-state index contributed by atoms with van der Waals surface area (Å²) in [6, 6.07) is 7.95. The predicted molar refractivity (Wildman–Crippen MR) is 94.9 cm³/mol. The molecule has 0 radical (unpaired) electrons. The molecule has 0 spiro atoms. The average molecular weight is 325 g/mol. The Kier molecular flexibility index (Phi) is 6.14. The maximum atomic E-state index is 11.5. The Morgan fingerprint density at radius 2 is 2.25 bits per heavy atom. The van der Waals surface area contributed by atoms with Gasteiger partial charge in [-0.05, 0) is 50.5 Å². The lowest BCUT2D eigenvalue weighted by Gasteiger charge is -2.22. The Labute approximate surface area is 143 Å². The third kappa shape index (κ3) is 4.23. The van der Waals surface area contributed by atoms with Gasteiger partial charge in [0.2, 0.25) is 0 Å². The smallest absolute Gasteiger partial charge is 0.332 e. The van der Waals surface area contributed by atoms with Gasteiger partial charge in [0.15, 0.2) is 0 Å². The first kappa shape index (κ1) is 17.7. The van der Waals surface area contributed by atoms with Gasteiger partial charge in [0, 0.05) is 30.4 Å². The van der Waals surface area contributed by atoms with Crippen molar-refractivity contribution in [3.8, 4) is 6.07 Å². The maximum absolute atomic E-state index is 11.5. The van der Waals surface area contributed by atoms with Crippen molar-refractivity contribution in [3.05, 3.63) is 41.1 Å². The van der Waals surface area contributed by atoms with Crippen molar-refractivity contribution >= 4 is 17.5 Å². The highest BCUT2D eigenvalue weighted by Crippen LogP contribution is 2.28. The number of nitrogens with zero attached hydrogens (tertiary/aromatic N) is 3. The average Bonchev–Trinajstić information content (AvgIpc) is 3.01. The van der Waals surface area contributed by atoms with Gasteiger partial charge in [-0.25, -0.2) is 9.79 Å². The summed E-state index contributed by atoms with van der Waals surface area (Å²) in [6.45, 7) is 6.92. The van der Waals surface area contributed by atoms with E-state index in [0.29, 0.717) is 17.9 Å². The van der Waals surface area contributed by atoms with Crippen LogP contribution in [-0.2, 0) is 16.0 Å². The van der Waals surface area contributed by atoms with Crippen LogP contribution in [0.4, 0.5) is 5.69 Å². The standard InChI is InChI=1S/C19H23N3O2/c1-4-16-12-15(13-20)8-9-17(16)22-10-6-7-18(22)21-14(3)11-19(23)24-5-2/h8-9,11-12H,4-7,10H2,1-3H3/b14-11+,21-18?. The third-order valence-electron chi connectivity index (χ3n) is 3.89. The molecule has 0 N–H and O–H groups in total. The number of ether oxygens (including phenoxy) is 1. The van der Waals surface area contributed by atoms with E-state index in [1.165, 1.54) is 6.08 Å². The summed E-state index contributed by atoms with van der Waals surface area (Å²) in [6.07, 6.45) is 4.17. The number of carbonyl (C=O) groups is 1. The molecule has 0 unspecified atom stereocenters. The Morgan fingerprint density at radius 1 is 1.46 bits per heavy atom. The van der Waals surface area contributed by atoms with E-state index >= 15 is 0 Å². The molecule has 1 aliphatic heterocycles. The van der Waals surface area contributed by atoms with Gasteiger partial charge in [0.1, 0.15) is 5.84 Å². The zero-order valence-electron chi connectivity index (χ0n) is 14.5. The van der Waals surface area contributed by atoms with Crippen LogP contribution in [-0.4, -0.2) is 25.0 Å². The van der Waals surface area contributed by atoms with Crippen molar-refractivity contribution in [1.29, 1.82) is 5.26 Å². The highest BCUT2D eigenvalue weighted by molar-refractivity contribution is 6.01. The van der Waals surface area contributed by atoms with Gasteiger partial charge in [0.05, 0.1) is 18.2 Å². The number of nitriles is 1. The molecule has 5 heteroatoms. The number of anilines is 1. The lowest BCUT2D eigenvalue weighted by atomic mass is 10.1. The van der Waals surface area contributed by atoms with E-state index in [4.69, 9.17) is 10.00 Å². The lowest BCUT2D eigenvalue weighted by molar-refractivity contribution is -0.137. The number of amidine groups is 1. The highest BCUT2D eigenvalue weighted by atomic mass is 16.5. The van der Waals surface area contributed by atoms with Crippen LogP contribution in [0.15, 0.2) is 35.0 Å². The summed E-state index contributed by atoms with van der Waals surface area (Å²) in [7, 11) is 0. The molecule has 1 aromatic rings. The minimum Gasteiger partial charge on any atom is -0.463 e. The topological polar surface area (TPSA) is 65.7 Å². The first-order valence-electron chi connectivity index (χ1n) is 8.32. The minimum absolute atomic E-state index is 0.358. The van der Waals surface area contributed by atoms with E-state index in [9.17, 15) is 4.79 Å². The molecule has 0 amide bonds. The molecule has 2 rings (SSSR count). The predicted octanol–water partition coefficient (Wildman–Crippen LogP) is 3.59. The third-order valence-corrected chi connectivity index (χ3v) is 3.89. The Morgan fingerprint density at radius 3 is 2.92 bits per heavy atom. The number of carbonyl (C=O) groups excluding carboxylic acids is 1. The summed E-state index contributed by atoms with van der Waals surface area (Å²) < 4.78 is 4.92. The molecule has 1 fully saturated rings. The molecule has 24 heavy (non-hydrogen) atoms. The van der Waals surface area contributed by atoms with Crippen molar-refractivity contribution in [1.82, 2.24) is 0 Å². The van der Waals surface area contributed by atoms with Crippen LogP contribution >= 0.6 is 0 Å². The van der Waals surface area contributed by atoms with E-state index < -0.39 is 0 Å². The Hall–Kier alpha value is -2.61. The molecule has 1 heterocycles. The molecule has 0 aromatic heterocycles. The molecule has 0 saturated carbocycles. The molecular formula is C19H23N3O2. The van der Waals surface area contributed by atoms with Crippen LogP contribution in [0.2, 0.25) is 0 Å². The first-order valence-corrected chi connectivity index (χ1v) is 8.32. The second kappa shape index (κ2) is 8.30. The minimum atomic E-state index is -0.364. The number of esters is 1. The highest BCUT2D eigenvalue weighted by Gasteiger charge is 2.22. The van der Waals surface area contributed by atoms with E-state index in [1.807, 2.05) is 18.2 Å². The van der Waals surface area contributed by atoms with Gasteiger partial charge in [-0.1, -0.05) is 6.92 Å². The molecule has 0 aliphatic carbocycles. The van der Waals surface area contributed by atoms with Crippen molar-refractivity contribution in [2.24, 2.45) is 4.99 Å². The number of rotatable bonds is 5. The lowest BCUT2D eigenvalue weighted by Crippen LogP contribution is -2.25. The second-order valence-corrected chi connectivity index (χ2v) is 5.63. The van der Waals surface area contributed by atoms with Gasteiger partial charge in [-0.2, -0.15) is 5.26 Å². The molecule has 126 valence electrons. The fourth-order valence-electron chi connectivity index (χ4n) is 2.83. The number of allylic oxidation sites excluding steroid dienone is 1. The molecule has 1 aliphatic rings. The number of aliphatic imine (C=N–C) groups is 1. The summed E-state index contributed by atoms with van der Waals surface area (Å²) in [5.74, 6) is 0.587.